The summed E-state index contributed by atoms with van der Waals surface area (Å²) < 4.78 is 13.0. The lowest BCUT2D eigenvalue weighted by atomic mass is 9.77. The van der Waals surface area contributed by atoms with Crippen molar-refractivity contribution in [2.45, 2.75) is 46.1 Å². The molecule has 198 valence electrons. The smallest absolute Gasteiger partial charge is 0.340 e. The van der Waals surface area contributed by atoms with Crippen molar-refractivity contribution in [3.63, 3.8) is 0 Å². The van der Waals surface area contributed by atoms with Crippen molar-refractivity contribution in [1.29, 1.82) is 0 Å². The SMILES string of the molecule is CCCN(CCC)c1ccc2c(c1)Oc1ccc(Nc3ccc(C)cc3C)cc1C21OC(=O)c2ccccc21. The number of ether oxygens (including phenoxy) is 2. The van der Waals surface area contributed by atoms with E-state index in [4.69, 9.17) is 9.47 Å². The van der Waals surface area contributed by atoms with Crippen molar-refractivity contribution in [2.24, 2.45) is 0 Å². The number of nitrogens with zero attached hydrogens (tertiary/aromatic N) is 1. The first-order valence-electron chi connectivity index (χ1n) is 13.8. The summed E-state index contributed by atoms with van der Waals surface area (Å²) in [7, 11) is 0. The first kappa shape index (κ1) is 25.1. The first-order chi connectivity index (χ1) is 18.9. The zero-order chi connectivity index (χ0) is 27.1. The van der Waals surface area contributed by atoms with E-state index in [1.807, 2.05) is 36.4 Å². The highest BCUT2D eigenvalue weighted by Crippen LogP contribution is 2.57. The van der Waals surface area contributed by atoms with Crippen LogP contribution in [0.2, 0.25) is 0 Å². The van der Waals surface area contributed by atoms with Gasteiger partial charge in [-0.2, -0.15) is 0 Å². The molecule has 0 bridgehead atoms. The first-order valence-corrected chi connectivity index (χ1v) is 13.8. The predicted octanol–water partition coefficient (Wildman–Crippen LogP) is 8.24. The molecule has 39 heavy (non-hydrogen) atoms. The molecule has 0 saturated heterocycles. The number of carbonyl (C=O) groups excluding carboxylic acids is 1. The summed E-state index contributed by atoms with van der Waals surface area (Å²) in [6.07, 6.45) is 2.12. The van der Waals surface area contributed by atoms with E-state index in [1.165, 1.54) is 5.56 Å². The summed E-state index contributed by atoms with van der Waals surface area (Å²) in [6.45, 7) is 10.5. The molecule has 1 spiro atoms. The number of hydrogen-bond donors (Lipinski definition) is 1. The van der Waals surface area contributed by atoms with Crippen molar-refractivity contribution in [3.8, 4) is 11.5 Å². The van der Waals surface area contributed by atoms with Gasteiger partial charge in [0, 0.05) is 52.9 Å². The maximum absolute atomic E-state index is 13.3. The highest BCUT2D eigenvalue weighted by Gasteiger charge is 2.53. The highest BCUT2D eigenvalue weighted by atomic mass is 16.6. The van der Waals surface area contributed by atoms with Gasteiger partial charge in [0.1, 0.15) is 11.5 Å². The van der Waals surface area contributed by atoms with Crippen molar-refractivity contribution in [1.82, 2.24) is 0 Å². The molecule has 5 nitrogen and oxygen atoms in total. The fraction of sp³-hybridized carbons (Fsp3) is 0.265. The lowest BCUT2D eigenvalue weighted by Crippen LogP contribution is -2.33. The fourth-order valence-corrected chi connectivity index (χ4v) is 5.95. The van der Waals surface area contributed by atoms with Crippen molar-refractivity contribution in [3.05, 3.63) is 112 Å². The molecule has 0 amide bonds. The fourth-order valence-electron chi connectivity index (χ4n) is 5.95. The quantitative estimate of drug-likeness (QED) is 0.250. The second-order valence-electron chi connectivity index (χ2n) is 10.5. The lowest BCUT2D eigenvalue weighted by Gasteiger charge is -2.37. The zero-order valence-electron chi connectivity index (χ0n) is 23.0. The summed E-state index contributed by atoms with van der Waals surface area (Å²) in [4.78, 5) is 15.7. The molecule has 6 rings (SSSR count). The molecule has 5 heteroatoms. The number of nitrogens with one attached hydrogen (secondary N) is 1. The molecule has 2 aliphatic heterocycles. The Morgan fingerprint density at radius 3 is 2.36 bits per heavy atom. The Hall–Kier alpha value is -4.25. The van der Waals surface area contributed by atoms with Crippen LogP contribution >= 0.6 is 0 Å². The van der Waals surface area contributed by atoms with E-state index in [1.54, 1.807) is 0 Å². The standard InChI is InChI=1S/C34H34N2O3/c1-5-17-36(18-6-2)25-13-14-28-32(21-25)38-31-16-12-24(35-30-15-11-22(3)19-23(30)4)20-29(31)34(28)27-10-8-7-9-26(27)33(37)39-34/h7-16,19-21,35H,5-6,17-18H2,1-4H3. The van der Waals surface area contributed by atoms with Gasteiger partial charge in [0.2, 0.25) is 0 Å². The highest BCUT2D eigenvalue weighted by molar-refractivity contribution is 5.97. The van der Waals surface area contributed by atoms with Crippen LogP contribution in [0.25, 0.3) is 0 Å². The van der Waals surface area contributed by atoms with Crippen LogP contribution < -0.4 is 15.0 Å². The number of anilines is 3. The Kier molecular flexibility index (Phi) is 6.30. The number of fused-ring (bicyclic) bond motifs is 6. The molecular weight excluding hydrogens is 484 g/mol. The van der Waals surface area contributed by atoms with E-state index < -0.39 is 5.60 Å². The van der Waals surface area contributed by atoms with Crippen LogP contribution in [0, 0.1) is 13.8 Å². The van der Waals surface area contributed by atoms with Crippen LogP contribution in [0.5, 0.6) is 11.5 Å². The van der Waals surface area contributed by atoms with Crippen molar-refractivity contribution in [2.75, 3.05) is 23.3 Å². The van der Waals surface area contributed by atoms with Crippen LogP contribution in [0.3, 0.4) is 0 Å². The van der Waals surface area contributed by atoms with Crippen molar-refractivity contribution >= 4 is 23.0 Å². The minimum Gasteiger partial charge on any atom is -0.456 e. The van der Waals surface area contributed by atoms with Gasteiger partial charge in [-0.15, -0.1) is 0 Å². The van der Waals surface area contributed by atoms with Gasteiger partial charge in [0.25, 0.3) is 0 Å². The largest absolute Gasteiger partial charge is 0.456 e. The third-order valence-electron chi connectivity index (χ3n) is 7.71. The molecule has 0 fully saturated rings. The maximum Gasteiger partial charge on any atom is 0.340 e. The van der Waals surface area contributed by atoms with Gasteiger partial charge < -0.3 is 19.7 Å². The molecule has 1 N–H and O–H groups in total. The normalized spacial score (nSPS) is 16.7. The Morgan fingerprint density at radius 2 is 1.59 bits per heavy atom. The number of carbonyl (C=O) groups is 1. The molecule has 2 aliphatic rings. The average Bonchev–Trinajstić information content (AvgIpc) is 3.23. The van der Waals surface area contributed by atoms with Crippen LogP contribution in [0.1, 0.15) is 64.9 Å². The third kappa shape index (κ3) is 4.13. The van der Waals surface area contributed by atoms with Crippen LogP contribution in [0.4, 0.5) is 17.1 Å². The van der Waals surface area contributed by atoms with E-state index in [2.05, 4.69) is 80.4 Å². The molecule has 0 radical (unpaired) electrons. The van der Waals surface area contributed by atoms with E-state index in [0.717, 1.165) is 71.0 Å². The van der Waals surface area contributed by atoms with Gasteiger partial charge in [-0.05, 0) is 74.7 Å². The predicted molar refractivity (Wildman–Crippen MR) is 157 cm³/mol. The average molecular weight is 519 g/mol. The monoisotopic (exact) mass is 518 g/mol. The zero-order valence-corrected chi connectivity index (χ0v) is 23.0. The van der Waals surface area contributed by atoms with E-state index in [9.17, 15) is 4.79 Å². The third-order valence-corrected chi connectivity index (χ3v) is 7.71. The van der Waals surface area contributed by atoms with Crippen molar-refractivity contribution < 1.29 is 14.3 Å². The van der Waals surface area contributed by atoms with Gasteiger partial charge in [-0.25, -0.2) is 4.79 Å². The molecule has 4 aromatic rings. The summed E-state index contributed by atoms with van der Waals surface area (Å²) in [5, 5.41) is 3.56. The number of benzene rings is 4. The van der Waals surface area contributed by atoms with Gasteiger partial charge in [-0.3, -0.25) is 0 Å². The molecule has 0 aliphatic carbocycles. The second-order valence-corrected chi connectivity index (χ2v) is 10.5. The van der Waals surface area contributed by atoms with Gasteiger partial charge in [0.05, 0.1) is 5.56 Å². The summed E-state index contributed by atoms with van der Waals surface area (Å²) >= 11 is 0. The van der Waals surface area contributed by atoms with Gasteiger partial charge in [-0.1, -0.05) is 49.7 Å². The molecule has 0 saturated carbocycles. The minimum absolute atomic E-state index is 0.320. The Bertz CT molecular complexity index is 1570. The Labute approximate surface area is 230 Å². The van der Waals surface area contributed by atoms with Gasteiger partial charge >= 0.3 is 5.97 Å². The minimum atomic E-state index is -1.09. The molecule has 1 unspecified atom stereocenters. The van der Waals surface area contributed by atoms with E-state index in [0.29, 0.717) is 11.3 Å². The number of esters is 1. The molecule has 1 atom stereocenters. The topological polar surface area (TPSA) is 50.8 Å². The van der Waals surface area contributed by atoms with Crippen LogP contribution in [-0.2, 0) is 10.3 Å². The summed E-state index contributed by atoms with van der Waals surface area (Å²) in [5.74, 6) is 1.09. The van der Waals surface area contributed by atoms with Crippen LogP contribution in [-0.4, -0.2) is 19.1 Å². The molecule has 0 aromatic heterocycles. The maximum atomic E-state index is 13.3. The molecular formula is C34H34N2O3. The van der Waals surface area contributed by atoms with E-state index in [-0.39, 0.29) is 5.97 Å². The number of aryl methyl sites for hydroxylation is 2. The second kappa shape index (κ2) is 9.81. The number of hydrogen-bond acceptors (Lipinski definition) is 5. The molecule has 4 aromatic carbocycles. The lowest BCUT2D eigenvalue weighted by molar-refractivity contribution is 0.0224. The van der Waals surface area contributed by atoms with Gasteiger partial charge in [0.15, 0.2) is 5.60 Å². The Balaban J connectivity index is 1.51. The Morgan fingerprint density at radius 1 is 0.795 bits per heavy atom. The van der Waals surface area contributed by atoms with Crippen LogP contribution in [0.15, 0.2) is 78.9 Å². The molecule has 2 heterocycles. The number of rotatable bonds is 7. The van der Waals surface area contributed by atoms with E-state index >= 15 is 0 Å². The summed E-state index contributed by atoms with van der Waals surface area (Å²) in [5.41, 5.74) is 7.44. The summed E-state index contributed by atoms with van der Waals surface area (Å²) in [6, 6.07) is 26.4.